The van der Waals surface area contributed by atoms with Crippen molar-refractivity contribution in [3.63, 3.8) is 0 Å². The van der Waals surface area contributed by atoms with E-state index in [2.05, 4.69) is 45.0 Å². The summed E-state index contributed by atoms with van der Waals surface area (Å²) < 4.78 is 6.14. The topological polar surface area (TPSA) is 54.5 Å². The fourth-order valence-electron chi connectivity index (χ4n) is 2.77. The number of halogens is 1. The smallest absolute Gasteiger partial charge is 0.341 e. The number of fused-ring (bicyclic) bond motifs is 1. The van der Waals surface area contributed by atoms with Crippen molar-refractivity contribution in [2.75, 3.05) is 38.1 Å². The number of rotatable bonds is 9. The summed E-state index contributed by atoms with van der Waals surface area (Å²) in [6, 6.07) is 5.87. The van der Waals surface area contributed by atoms with Crippen molar-refractivity contribution >= 4 is 38.5 Å². The molecule has 1 aromatic carbocycles. The highest BCUT2D eigenvalue weighted by Gasteiger charge is 2.16. The number of benzene rings is 1. The lowest BCUT2D eigenvalue weighted by molar-refractivity contribution is 0.0527. The molecule has 0 amide bonds. The van der Waals surface area contributed by atoms with Gasteiger partial charge in [-0.1, -0.05) is 29.8 Å². The van der Waals surface area contributed by atoms with Crippen molar-refractivity contribution in [3.8, 4) is 0 Å². The van der Waals surface area contributed by atoms with Crippen LogP contribution >= 0.6 is 15.9 Å². The standard InChI is InChI=1S/C19H26BrN3O2/c1-4-23(5-2)11-7-10-21-18-15-12-14(20)8-9-17(15)22-13-16(18)19(24)25-6-3/h8-9,12-13H,4-7,10-11H2,1-3H3,(H,21,22). The number of hydrogen-bond acceptors (Lipinski definition) is 5. The Morgan fingerprint density at radius 2 is 2.04 bits per heavy atom. The molecular weight excluding hydrogens is 382 g/mol. The van der Waals surface area contributed by atoms with Gasteiger partial charge in [-0.2, -0.15) is 0 Å². The van der Waals surface area contributed by atoms with Gasteiger partial charge < -0.3 is 15.0 Å². The van der Waals surface area contributed by atoms with E-state index in [9.17, 15) is 4.79 Å². The minimum absolute atomic E-state index is 0.344. The number of nitrogens with zero attached hydrogens (tertiary/aromatic N) is 2. The number of pyridine rings is 1. The second-order valence-corrected chi connectivity index (χ2v) is 6.65. The van der Waals surface area contributed by atoms with Crippen LogP contribution in [-0.4, -0.2) is 48.6 Å². The highest BCUT2D eigenvalue weighted by Crippen LogP contribution is 2.29. The van der Waals surface area contributed by atoms with Crippen LogP contribution in [0.5, 0.6) is 0 Å². The SMILES string of the molecule is CCOC(=O)c1cnc2ccc(Br)cc2c1NCCCN(CC)CC. The summed E-state index contributed by atoms with van der Waals surface area (Å²) in [6.45, 7) is 10.4. The molecule has 0 aliphatic carbocycles. The summed E-state index contributed by atoms with van der Waals surface area (Å²) in [5.41, 5.74) is 2.13. The molecule has 0 saturated heterocycles. The first-order valence-corrected chi connectivity index (χ1v) is 9.61. The number of nitrogens with one attached hydrogen (secondary N) is 1. The van der Waals surface area contributed by atoms with Crippen LogP contribution in [0, 0.1) is 0 Å². The Morgan fingerprint density at radius 3 is 2.72 bits per heavy atom. The van der Waals surface area contributed by atoms with Gasteiger partial charge in [-0.3, -0.25) is 4.98 Å². The summed E-state index contributed by atoms with van der Waals surface area (Å²) in [5, 5.41) is 4.36. The lowest BCUT2D eigenvalue weighted by Gasteiger charge is -2.19. The van der Waals surface area contributed by atoms with Crippen LogP contribution in [0.15, 0.2) is 28.9 Å². The third-order valence-corrected chi connectivity index (χ3v) is 4.67. The number of esters is 1. The van der Waals surface area contributed by atoms with Crippen LogP contribution in [0.4, 0.5) is 5.69 Å². The van der Waals surface area contributed by atoms with Crippen molar-refractivity contribution in [1.82, 2.24) is 9.88 Å². The molecule has 0 spiro atoms. The van der Waals surface area contributed by atoms with Gasteiger partial charge in [0.25, 0.3) is 0 Å². The average molecular weight is 408 g/mol. The maximum atomic E-state index is 12.3. The molecule has 0 saturated carbocycles. The molecule has 0 atom stereocenters. The number of aromatic nitrogens is 1. The minimum Gasteiger partial charge on any atom is -0.462 e. The van der Waals surface area contributed by atoms with Gasteiger partial charge >= 0.3 is 5.97 Å². The van der Waals surface area contributed by atoms with Crippen LogP contribution in [0.1, 0.15) is 37.6 Å². The van der Waals surface area contributed by atoms with Crippen molar-refractivity contribution in [2.45, 2.75) is 27.2 Å². The van der Waals surface area contributed by atoms with E-state index >= 15 is 0 Å². The molecular formula is C19H26BrN3O2. The summed E-state index contributed by atoms with van der Waals surface area (Å²) in [7, 11) is 0. The second kappa shape index (κ2) is 9.73. The van der Waals surface area contributed by atoms with Gasteiger partial charge in [-0.05, 0) is 51.2 Å². The third-order valence-electron chi connectivity index (χ3n) is 4.17. The van der Waals surface area contributed by atoms with Crippen LogP contribution in [-0.2, 0) is 4.74 Å². The van der Waals surface area contributed by atoms with Crippen molar-refractivity contribution in [3.05, 3.63) is 34.4 Å². The Labute approximate surface area is 157 Å². The number of ether oxygens (including phenoxy) is 1. The molecule has 0 fully saturated rings. The number of carbonyl (C=O) groups excluding carboxylic acids is 1. The molecule has 6 heteroatoms. The van der Waals surface area contributed by atoms with Crippen molar-refractivity contribution in [1.29, 1.82) is 0 Å². The molecule has 0 radical (unpaired) electrons. The predicted molar refractivity (Wildman–Crippen MR) is 106 cm³/mol. The molecule has 5 nitrogen and oxygen atoms in total. The Kier molecular flexibility index (Phi) is 7.65. The maximum absolute atomic E-state index is 12.3. The first kappa shape index (κ1) is 19.7. The molecule has 1 aromatic heterocycles. The van der Waals surface area contributed by atoms with E-state index in [4.69, 9.17) is 4.74 Å². The number of hydrogen-bond donors (Lipinski definition) is 1. The van der Waals surface area contributed by atoms with E-state index in [1.807, 2.05) is 18.2 Å². The Morgan fingerprint density at radius 1 is 1.28 bits per heavy atom. The predicted octanol–water partition coefficient (Wildman–Crippen LogP) is 4.32. The molecule has 0 unspecified atom stereocenters. The molecule has 1 N–H and O–H groups in total. The van der Waals surface area contributed by atoms with Gasteiger partial charge in [-0.15, -0.1) is 0 Å². The highest BCUT2D eigenvalue weighted by atomic mass is 79.9. The van der Waals surface area contributed by atoms with Gasteiger partial charge in [0.05, 0.1) is 17.8 Å². The minimum atomic E-state index is -0.344. The Balaban J connectivity index is 2.25. The number of carbonyl (C=O) groups is 1. The molecule has 136 valence electrons. The first-order chi connectivity index (χ1) is 12.1. The fraction of sp³-hybridized carbons (Fsp3) is 0.474. The van der Waals surface area contributed by atoms with Gasteiger partial charge in [0.15, 0.2) is 0 Å². The highest BCUT2D eigenvalue weighted by molar-refractivity contribution is 9.10. The van der Waals surface area contributed by atoms with Gasteiger partial charge in [-0.25, -0.2) is 4.79 Å². The summed E-state index contributed by atoms with van der Waals surface area (Å²) in [6.07, 6.45) is 2.60. The average Bonchev–Trinajstić information content (AvgIpc) is 2.62. The Hall–Kier alpha value is -1.66. The zero-order valence-electron chi connectivity index (χ0n) is 15.1. The Bertz CT molecular complexity index is 717. The van der Waals surface area contributed by atoms with Crippen LogP contribution < -0.4 is 5.32 Å². The summed E-state index contributed by atoms with van der Waals surface area (Å²) in [4.78, 5) is 19.1. The van der Waals surface area contributed by atoms with Gasteiger partial charge in [0, 0.05) is 22.6 Å². The molecule has 2 rings (SSSR count). The first-order valence-electron chi connectivity index (χ1n) is 8.82. The molecule has 1 heterocycles. The zero-order valence-corrected chi connectivity index (χ0v) is 16.7. The molecule has 25 heavy (non-hydrogen) atoms. The van der Waals surface area contributed by atoms with E-state index in [-0.39, 0.29) is 5.97 Å². The maximum Gasteiger partial charge on any atom is 0.341 e. The van der Waals surface area contributed by atoms with E-state index in [1.165, 1.54) is 0 Å². The van der Waals surface area contributed by atoms with E-state index in [1.54, 1.807) is 13.1 Å². The van der Waals surface area contributed by atoms with Gasteiger partial charge in [0.2, 0.25) is 0 Å². The zero-order chi connectivity index (χ0) is 18.2. The van der Waals surface area contributed by atoms with Crippen molar-refractivity contribution < 1.29 is 9.53 Å². The third kappa shape index (κ3) is 5.16. The lowest BCUT2D eigenvalue weighted by atomic mass is 10.1. The summed E-state index contributed by atoms with van der Waals surface area (Å²) in [5.74, 6) is -0.344. The molecule has 0 aliphatic rings. The van der Waals surface area contributed by atoms with E-state index < -0.39 is 0 Å². The second-order valence-electron chi connectivity index (χ2n) is 5.74. The number of anilines is 1. The van der Waals surface area contributed by atoms with Crippen LogP contribution in [0.3, 0.4) is 0 Å². The largest absolute Gasteiger partial charge is 0.462 e. The van der Waals surface area contributed by atoms with Crippen molar-refractivity contribution in [2.24, 2.45) is 0 Å². The normalized spacial score (nSPS) is 11.1. The lowest BCUT2D eigenvalue weighted by Crippen LogP contribution is -2.25. The van der Waals surface area contributed by atoms with E-state index in [0.29, 0.717) is 12.2 Å². The van der Waals surface area contributed by atoms with Crippen LogP contribution in [0.25, 0.3) is 10.9 Å². The van der Waals surface area contributed by atoms with Crippen LogP contribution in [0.2, 0.25) is 0 Å². The molecule has 0 aliphatic heterocycles. The fourth-order valence-corrected chi connectivity index (χ4v) is 3.14. The molecule has 2 aromatic rings. The van der Waals surface area contributed by atoms with Gasteiger partial charge in [0.1, 0.15) is 5.56 Å². The molecule has 0 bridgehead atoms. The monoisotopic (exact) mass is 407 g/mol. The van der Waals surface area contributed by atoms with E-state index in [0.717, 1.165) is 53.7 Å². The summed E-state index contributed by atoms with van der Waals surface area (Å²) >= 11 is 3.50. The quantitative estimate of drug-likeness (QED) is 0.495.